The first-order chi connectivity index (χ1) is 18.3. The van der Waals surface area contributed by atoms with Crippen molar-refractivity contribution in [2.45, 2.75) is 57.5 Å². The maximum absolute atomic E-state index is 13.3. The zero-order valence-corrected chi connectivity index (χ0v) is 23.5. The molecule has 1 aliphatic carbocycles. The summed E-state index contributed by atoms with van der Waals surface area (Å²) in [6, 6.07) is 16.6. The van der Waals surface area contributed by atoms with Crippen molar-refractivity contribution in [1.29, 1.82) is 0 Å². The lowest BCUT2D eigenvalue weighted by Crippen LogP contribution is -2.51. The highest BCUT2D eigenvalue weighted by molar-refractivity contribution is 6.30. The van der Waals surface area contributed by atoms with Gasteiger partial charge in [-0.2, -0.15) is 0 Å². The van der Waals surface area contributed by atoms with Gasteiger partial charge in [0.05, 0.1) is 31.7 Å². The predicted molar refractivity (Wildman–Crippen MR) is 150 cm³/mol. The zero-order chi connectivity index (χ0) is 28.1. The van der Waals surface area contributed by atoms with Crippen molar-refractivity contribution in [2.24, 2.45) is 17.1 Å². The standard InChI is InChI=1S/C22H28ClNO5.C6H5Cl.CH5N/c1-2-18(12-29-14-22(13-25)9-10-22)24-19(15-3-6-17(23)7-4-15)8-5-16(21(24)28)11-20(26)27;7-6-4-2-1-3-5-6;1-2/h3-4,6-7,13,16,18-19H,2,5,8-12,14H2,1H3,(H,26,27);1-5H;2H2,1H3/t16-,18+,19+;;/m1../s1. The fraction of sp³-hybridized carbons (Fsp3) is 0.483. The molecule has 0 unspecified atom stereocenters. The minimum atomic E-state index is -0.959. The summed E-state index contributed by atoms with van der Waals surface area (Å²) in [5.74, 6) is -1.61. The number of nitrogens with zero attached hydrogens (tertiary/aromatic N) is 1. The summed E-state index contributed by atoms with van der Waals surface area (Å²) in [4.78, 5) is 37.5. The van der Waals surface area contributed by atoms with Gasteiger partial charge in [-0.05, 0) is 69.0 Å². The Morgan fingerprint density at radius 3 is 2.18 bits per heavy atom. The van der Waals surface area contributed by atoms with Gasteiger partial charge in [0.2, 0.25) is 5.91 Å². The Hall–Kier alpha value is -2.45. The fourth-order valence-electron chi connectivity index (χ4n) is 4.50. The number of aldehydes is 1. The molecule has 208 valence electrons. The van der Waals surface area contributed by atoms with Gasteiger partial charge < -0.3 is 25.3 Å². The molecule has 4 rings (SSSR count). The van der Waals surface area contributed by atoms with Crippen LogP contribution in [-0.4, -0.2) is 54.5 Å². The molecule has 38 heavy (non-hydrogen) atoms. The quantitative estimate of drug-likeness (QED) is 0.353. The molecule has 0 radical (unpaired) electrons. The normalized spacial score (nSPS) is 20.2. The molecule has 1 saturated carbocycles. The van der Waals surface area contributed by atoms with Gasteiger partial charge in [0.25, 0.3) is 0 Å². The average Bonchev–Trinajstić information content (AvgIpc) is 3.71. The number of amides is 1. The van der Waals surface area contributed by atoms with Crippen LogP contribution in [0.4, 0.5) is 0 Å². The average molecular weight is 566 g/mol. The van der Waals surface area contributed by atoms with Crippen molar-refractivity contribution in [2.75, 3.05) is 20.3 Å². The first-order valence-electron chi connectivity index (χ1n) is 12.9. The Kier molecular flexibility index (Phi) is 13.2. The monoisotopic (exact) mass is 564 g/mol. The molecule has 2 aliphatic rings. The number of likely N-dealkylation sites (tertiary alicyclic amines) is 1. The molecule has 3 N–H and O–H groups in total. The number of nitrogens with two attached hydrogens (primary N) is 1. The highest BCUT2D eigenvalue weighted by atomic mass is 35.5. The zero-order valence-electron chi connectivity index (χ0n) is 22.0. The molecular weight excluding hydrogens is 527 g/mol. The van der Waals surface area contributed by atoms with Gasteiger partial charge in [-0.3, -0.25) is 9.59 Å². The van der Waals surface area contributed by atoms with E-state index in [1.807, 2.05) is 54.3 Å². The number of ether oxygens (including phenoxy) is 1. The molecule has 1 amide bonds. The van der Waals surface area contributed by atoms with E-state index in [4.69, 9.17) is 27.9 Å². The Bertz CT molecular complexity index is 1020. The van der Waals surface area contributed by atoms with Crippen molar-refractivity contribution in [3.63, 3.8) is 0 Å². The second-order valence-corrected chi connectivity index (χ2v) is 10.4. The van der Waals surface area contributed by atoms with Crippen LogP contribution in [0.1, 0.15) is 57.1 Å². The van der Waals surface area contributed by atoms with E-state index >= 15 is 0 Å². The van der Waals surface area contributed by atoms with Gasteiger partial charge >= 0.3 is 5.97 Å². The molecule has 0 spiro atoms. The Labute approximate surface area is 235 Å². The number of carboxylic acids is 1. The number of hydrogen-bond donors (Lipinski definition) is 2. The van der Waals surface area contributed by atoms with Crippen LogP contribution in [-0.2, 0) is 19.1 Å². The minimum absolute atomic E-state index is 0.134. The van der Waals surface area contributed by atoms with Crippen LogP contribution in [0.15, 0.2) is 54.6 Å². The van der Waals surface area contributed by atoms with Gasteiger partial charge in [0.15, 0.2) is 0 Å². The lowest BCUT2D eigenvalue weighted by molar-refractivity contribution is -0.153. The number of carbonyl (C=O) groups is 3. The summed E-state index contributed by atoms with van der Waals surface area (Å²) in [6.07, 6.45) is 4.44. The highest BCUT2D eigenvalue weighted by Crippen LogP contribution is 2.44. The summed E-state index contributed by atoms with van der Waals surface area (Å²) in [7, 11) is 1.50. The Morgan fingerprint density at radius 1 is 1.11 bits per heavy atom. The third-order valence-corrected chi connectivity index (χ3v) is 7.35. The van der Waals surface area contributed by atoms with E-state index in [1.54, 1.807) is 12.1 Å². The second-order valence-electron chi connectivity index (χ2n) is 9.54. The number of carboxylic acid groups (broad SMARTS) is 1. The molecule has 2 aromatic carbocycles. The number of carbonyl (C=O) groups excluding carboxylic acids is 2. The van der Waals surface area contributed by atoms with Crippen LogP contribution in [0.5, 0.6) is 0 Å². The van der Waals surface area contributed by atoms with Gasteiger partial charge in [-0.25, -0.2) is 0 Å². The maximum atomic E-state index is 13.3. The van der Waals surface area contributed by atoms with Gasteiger partial charge in [-0.1, -0.05) is 60.5 Å². The van der Waals surface area contributed by atoms with Crippen molar-refractivity contribution < 1.29 is 24.2 Å². The van der Waals surface area contributed by atoms with E-state index in [1.165, 1.54) is 7.05 Å². The Balaban J connectivity index is 0.000000481. The maximum Gasteiger partial charge on any atom is 0.304 e. The van der Waals surface area contributed by atoms with Crippen molar-refractivity contribution in [1.82, 2.24) is 4.90 Å². The van der Waals surface area contributed by atoms with Crippen LogP contribution < -0.4 is 5.73 Å². The van der Waals surface area contributed by atoms with E-state index in [0.29, 0.717) is 37.5 Å². The summed E-state index contributed by atoms with van der Waals surface area (Å²) < 4.78 is 5.86. The molecule has 0 aromatic heterocycles. The Morgan fingerprint density at radius 2 is 1.71 bits per heavy atom. The van der Waals surface area contributed by atoms with Crippen molar-refractivity contribution in [3.05, 3.63) is 70.2 Å². The van der Waals surface area contributed by atoms with Crippen LogP contribution in [0.3, 0.4) is 0 Å². The SMILES string of the molecule is CC[C@@H](COCC1(C=O)CC1)N1C(=O)[C@@H](CC(=O)O)CC[C@H]1c1ccc(Cl)cc1.CN.Clc1ccccc1. The first-order valence-corrected chi connectivity index (χ1v) is 13.7. The van der Waals surface area contributed by atoms with Crippen LogP contribution >= 0.6 is 23.2 Å². The number of halogens is 2. The topological polar surface area (TPSA) is 110 Å². The molecule has 2 aromatic rings. The summed E-state index contributed by atoms with van der Waals surface area (Å²) in [6.45, 7) is 2.70. The van der Waals surface area contributed by atoms with Gasteiger partial charge in [0, 0.05) is 21.4 Å². The molecule has 1 aliphatic heterocycles. The van der Waals surface area contributed by atoms with E-state index in [2.05, 4.69) is 5.73 Å². The number of aliphatic carboxylic acids is 1. The molecule has 3 atom stereocenters. The fourth-order valence-corrected chi connectivity index (χ4v) is 4.77. The van der Waals surface area contributed by atoms with E-state index in [9.17, 15) is 19.5 Å². The third-order valence-electron chi connectivity index (χ3n) is 6.84. The number of benzene rings is 2. The van der Waals surface area contributed by atoms with Crippen LogP contribution in [0.2, 0.25) is 10.0 Å². The second kappa shape index (κ2) is 15.8. The number of piperidine rings is 1. The summed E-state index contributed by atoms with van der Waals surface area (Å²) in [5.41, 5.74) is 5.15. The van der Waals surface area contributed by atoms with Gasteiger partial charge in [-0.15, -0.1) is 0 Å². The molecule has 2 fully saturated rings. The van der Waals surface area contributed by atoms with Crippen LogP contribution in [0, 0.1) is 11.3 Å². The van der Waals surface area contributed by atoms with Crippen LogP contribution in [0.25, 0.3) is 0 Å². The molecular formula is C29H38Cl2N2O5. The first kappa shape index (κ1) is 31.8. The lowest BCUT2D eigenvalue weighted by atomic mass is 9.85. The van der Waals surface area contributed by atoms with Gasteiger partial charge in [0.1, 0.15) is 6.29 Å². The molecule has 9 heteroatoms. The molecule has 7 nitrogen and oxygen atoms in total. The van der Waals surface area contributed by atoms with E-state index in [-0.39, 0.29) is 29.8 Å². The molecule has 0 bridgehead atoms. The van der Waals surface area contributed by atoms with E-state index < -0.39 is 11.9 Å². The number of rotatable bonds is 10. The summed E-state index contributed by atoms with van der Waals surface area (Å²) in [5, 5.41) is 10.6. The number of hydrogen-bond acceptors (Lipinski definition) is 5. The molecule has 1 saturated heterocycles. The van der Waals surface area contributed by atoms with Crippen molar-refractivity contribution in [3.8, 4) is 0 Å². The third kappa shape index (κ3) is 9.38. The van der Waals surface area contributed by atoms with E-state index in [0.717, 1.165) is 29.7 Å². The highest BCUT2D eigenvalue weighted by Gasteiger charge is 2.44. The molecule has 1 heterocycles. The largest absolute Gasteiger partial charge is 0.481 e. The summed E-state index contributed by atoms with van der Waals surface area (Å²) >= 11 is 11.6. The smallest absolute Gasteiger partial charge is 0.304 e. The predicted octanol–water partition coefficient (Wildman–Crippen LogP) is 5.78. The lowest BCUT2D eigenvalue weighted by Gasteiger charge is -2.44. The minimum Gasteiger partial charge on any atom is -0.481 e. The van der Waals surface area contributed by atoms with Crippen molar-refractivity contribution >= 4 is 41.4 Å².